The van der Waals surface area contributed by atoms with Crippen LogP contribution in [0.15, 0.2) is 46.3 Å². The summed E-state index contributed by atoms with van der Waals surface area (Å²) in [6, 6.07) is 6.54. The molecule has 1 aliphatic rings. The molecule has 2 amide bonds. The van der Waals surface area contributed by atoms with Gasteiger partial charge in [0.25, 0.3) is 0 Å². The van der Waals surface area contributed by atoms with Crippen molar-refractivity contribution in [3.8, 4) is 0 Å². The summed E-state index contributed by atoms with van der Waals surface area (Å²) < 4.78 is 27.2. The fraction of sp³-hybridized carbons (Fsp3) is 0.357. The summed E-state index contributed by atoms with van der Waals surface area (Å²) in [4.78, 5) is 13.7. The van der Waals surface area contributed by atoms with Crippen molar-refractivity contribution in [3.05, 3.63) is 41.4 Å². The molecule has 1 saturated heterocycles. The van der Waals surface area contributed by atoms with E-state index in [0.717, 1.165) is 0 Å². The fourth-order valence-corrected chi connectivity index (χ4v) is 4.58. The molecule has 0 aliphatic carbocycles. The zero-order chi connectivity index (χ0) is 16.2. The second kappa shape index (κ2) is 7.26. The van der Waals surface area contributed by atoms with E-state index in [1.807, 2.05) is 0 Å². The molecule has 1 heterocycles. The standard InChI is InChI=1S/C14H18BrN3O3S/c1-2-7-16-14(19)17-8-10-18(11-9-17)22(20,21)13-6-4-3-5-12(13)15/h2-6H,1,7-11H2,(H,16,19). The van der Waals surface area contributed by atoms with Crippen molar-refractivity contribution in [2.24, 2.45) is 0 Å². The summed E-state index contributed by atoms with van der Waals surface area (Å²) >= 11 is 3.27. The molecule has 8 heteroatoms. The highest BCUT2D eigenvalue weighted by Crippen LogP contribution is 2.25. The van der Waals surface area contributed by atoms with Gasteiger partial charge in [0.15, 0.2) is 0 Å². The summed E-state index contributed by atoms with van der Waals surface area (Å²) in [6.07, 6.45) is 1.60. The van der Waals surface area contributed by atoms with Crippen LogP contribution in [0.2, 0.25) is 0 Å². The fourth-order valence-electron chi connectivity index (χ4n) is 2.20. The van der Waals surface area contributed by atoms with E-state index in [1.54, 1.807) is 35.2 Å². The van der Waals surface area contributed by atoms with Crippen LogP contribution < -0.4 is 5.32 Å². The SMILES string of the molecule is C=CCNC(=O)N1CCN(S(=O)(=O)c2ccccc2Br)CC1. The van der Waals surface area contributed by atoms with E-state index in [2.05, 4.69) is 27.8 Å². The Morgan fingerprint density at radius 2 is 1.91 bits per heavy atom. The molecule has 0 radical (unpaired) electrons. The third-order valence-electron chi connectivity index (χ3n) is 3.38. The van der Waals surface area contributed by atoms with E-state index >= 15 is 0 Å². The molecule has 22 heavy (non-hydrogen) atoms. The Morgan fingerprint density at radius 1 is 1.27 bits per heavy atom. The summed E-state index contributed by atoms with van der Waals surface area (Å²) in [5.41, 5.74) is 0. The maximum atomic E-state index is 12.6. The molecular formula is C14H18BrN3O3S. The van der Waals surface area contributed by atoms with Crippen molar-refractivity contribution in [3.63, 3.8) is 0 Å². The van der Waals surface area contributed by atoms with Crippen LogP contribution in [-0.4, -0.2) is 56.4 Å². The number of carbonyl (C=O) groups is 1. The number of piperazine rings is 1. The average molecular weight is 388 g/mol. The number of hydrogen-bond acceptors (Lipinski definition) is 3. The number of hydrogen-bond donors (Lipinski definition) is 1. The van der Waals surface area contributed by atoms with Crippen LogP contribution in [0.5, 0.6) is 0 Å². The van der Waals surface area contributed by atoms with Crippen molar-refractivity contribution in [2.75, 3.05) is 32.7 Å². The topological polar surface area (TPSA) is 69.7 Å². The second-order valence-electron chi connectivity index (χ2n) is 4.80. The van der Waals surface area contributed by atoms with E-state index in [4.69, 9.17) is 0 Å². The monoisotopic (exact) mass is 387 g/mol. The number of carbonyl (C=O) groups excluding carboxylic acids is 1. The Hall–Kier alpha value is -1.38. The molecule has 1 aromatic carbocycles. The van der Waals surface area contributed by atoms with Gasteiger partial charge in [0.2, 0.25) is 10.0 Å². The van der Waals surface area contributed by atoms with Crippen molar-refractivity contribution >= 4 is 32.0 Å². The molecule has 1 aromatic rings. The number of amides is 2. The molecule has 0 unspecified atom stereocenters. The molecule has 6 nitrogen and oxygen atoms in total. The number of sulfonamides is 1. The Bertz CT molecular complexity index is 655. The van der Waals surface area contributed by atoms with Crippen LogP contribution in [0.25, 0.3) is 0 Å². The van der Waals surface area contributed by atoms with Gasteiger partial charge in [-0.1, -0.05) is 18.2 Å². The molecule has 1 fully saturated rings. The quantitative estimate of drug-likeness (QED) is 0.798. The Morgan fingerprint density at radius 3 is 2.50 bits per heavy atom. The first-order valence-corrected chi connectivity index (χ1v) is 9.08. The van der Waals surface area contributed by atoms with E-state index in [1.165, 1.54) is 4.31 Å². The minimum atomic E-state index is -3.55. The van der Waals surface area contributed by atoms with E-state index in [-0.39, 0.29) is 24.0 Å². The van der Waals surface area contributed by atoms with Gasteiger partial charge < -0.3 is 10.2 Å². The van der Waals surface area contributed by atoms with E-state index in [0.29, 0.717) is 24.1 Å². The summed E-state index contributed by atoms with van der Waals surface area (Å²) in [6.45, 7) is 5.24. The van der Waals surface area contributed by atoms with Gasteiger partial charge in [-0.15, -0.1) is 6.58 Å². The van der Waals surface area contributed by atoms with Crippen molar-refractivity contribution in [1.82, 2.24) is 14.5 Å². The minimum absolute atomic E-state index is 0.196. The van der Waals surface area contributed by atoms with Crippen molar-refractivity contribution < 1.29 is 13.2 Å². The van der Waals surface area contributed by atoms with Gasteiger partial charge in [-0.3, -0.25) is 0 Å². The van der Waals surface area contributed by atoms with E-state index in [9.17, 15) is 13.2 Å². The molecular weight excluding hydrogens is 370 g/mol. The maximum absolute atomic E-state index is 12.6. The maximum Gasteiger partial charge on any atom is 0.317 e. The Labute approximate surface area is 139 Å². The van der Waals surface area contributed by atoms with Gasteiger partial charge in [0.05, 0.1) is 4.90 Å². The van der Waals surface area contributed by atoms with Crippen LogP contribution in [0, 0.1) is 0 Å². The number of halogens is 1. The summed E-state index contributed by atoms with van der Waals surface area (Å²) in [7, 11) is -3.55. The molecule has 2 rings (SSSR count). The average Bonchev–Trinajstić information content (AvgIpc) is 2.53. The predicted molar refractivity (Wildman–Crippen MR) is 88.1 cm³/mol. The lowest BCUT2D eigenvalue weighted by Crippen LogP contribution is -2.53. The van der Waals surface area contributed by atoms with Crippen molar-refractivity contribution in [2.45, 2.75) is 4.90 Å². The molecule has 0 bridgehead atoms. The van der Waals surface area contributed by atoms with Crippen LogP contribution in [0.4, 0.5) is 4.79 Å². The van der Waals surface area contributed by atoms with Crippen LogP contribution in [0.1, 0.15) is 0 Å². The van der Waals surface area contributed by atoms with Crippen LogP contribution in [0.3, 0.4) is 0 Å². The van der Waals surface area contributed by atoms with E-state index < -0.39 is 10.0 Å². The largest absolute Gasteiger partial charge is 0.335 e. The summed E-state index contributed by atoms with van der Waals surface area (Å²) in [5, 5.41) is 2.69. The zero-order valence-corrected chi connectivity index (χ0v) is 14.4. The molecule has 0 atom stereocenters. The lowest BCUT2D eigenvalue weighted by Gasteiger charge is -2.34. The van der Waals surface area contributed by atoms with Crippen LogP contribution in [-0.2, 0) is 10.0 Å². The number of nitrogens with one attached hydrogen (secondary N) is 1. The smallest absolute Gasteiger partial charge is 0.317 e. The number of nitrogens with zero attached hydrogens (tertiary/aromatic N) is 2. The van der Waals surface area contributed by atoms with Gasteiger partial charge >= 0.3 is 6.03 Å². The van der Waals surface area contributed by atoms with Gasteiger partial charge in [-0.25, -0.2) is 13.2 Å². The van der Waals surface area contributed by atoms with Crippen LogP contribution >= 0.6 is 15.9 Å². The first-order chi connectivity index (χ1) is 10.5. The second-order valence-corrected chi connectivity index (χ2v) is 7.56. The normalized spacial score (nSPS) is 16.3. The first-order valence-electron chi connectivity index (χ1n) is 6.85. The van der Waals surface area contributed by atoms with Gasteiger partial charge in [0.1, 0.15) is 0 Å². The number of urea groups is 1. The highest BCUT2D eigenvalue weighted by molar-refractivity contribution is 9.10. The lowest BCUT2D eigenvalue weighted by atomic mass is 10.4. The highest BCUT2D eigenvalue weighted by atomic mass is 79.9. The Kier molecular flexibility index (Phi) is 5.60. The zero-order valence-electron chi connectivity index (χ0n) is 12.0. The number of benzene rings is 1. The van der Waals surface area contributed by atoms with Gasteiger partial charge in [0, 0.05) is 37.2 Å². The molecule has 0 saturated carbocycles. The van der Waals surface area contributed by atoms with Crippen molar-refractivity contribution in [1.29, 1.82) is 0 Å². The van der Waals surface area contributed by atoms with Gasteiger partial charge in [-0.2, -0.15) is 4.31 Å². The molecule has 1 N–H and O–H groups in total. The molecule has 0 spiro atoms. The lowest BCUT2D eigenvalue weighted by molar-refractivity contribution is 0.173. The summed E-state index contributed by atoms with van der Waals surface area (Å²) in [5.74, 6) is 0. The Balaban J connectivity index is 2.04. The minimum Gasteiger partial charge on any atom is -0.335 e. The molecule has 0 aromatic heterocycles. The molecule has 1 aliphatic heterocycles. The third kappa shape index (κ3) is 3.68. The molecule has 120 valence electrons. The third-order valence-corrected chi connectivity index (χ3v) is 6.29. The first kappa shape index (κ1) is 17.0. The number of rotatable bonds is 4. The predicted octanol–water partition coefficient (Wildman–Crippen LogP) is 1.65. The highest BCUT2D eigenvalue weighted by Gasteiger charge is 2.30. The van der Waals surface area contributed by atoms with Gasteiger partial charge in [-0.05, 0) is 28.1 Å².